The molecular weight excluding hydrogens is 264 g/mol. The van der Waals surface area contributed by atoms with E-state index in [4.69, 9.17) is 10.5 Å². The van der Waals surface area contributed by atoms with Crippen molar-refractivity contribution in [2.75, 3.05) is 12.3 Å². The van der Waals surface area contributed by atoms with Gasteiger partial charge in [-0.1, -0.05) is 19.8 Å². The molecule has 4 heteroatoms. The van der Waals surface area contributed by atoms with Crippen molar-refractivity contribution in [3.63, 3.8) is 0 Å². The average molecular weight is 290 g/mol. The smallest absolute Gasteiger partial charge is 0.251 e. The molecule has 0 spiro atoms. The first-order valence-electron chi connectivity index (χ1n) is 7.93. The van der Waals surface area contributed by atoms with Gasteiger partial charge in [0, 0.05) is 11.6 Å². The summed E-state index contributed by atoms with van der Waals surface area (Å²) in [5, 5.41) is 3.14. The summed E-state index contributed by atoms with van der Waals surface area (Å²) in [5.41, 5.74) is 7.03. The summed E-state index contributed by atoms with van der Waals surface area (Å²) in [4.78, 5) is 12.3. The van der Waals surface area contributed by atoms with E-state index in [2.05, 4.69) is 12.2 Å². The van der Waals surface area contributed by atoms with Crippen molar-refractivity contribution in [3.8, 4) is 5.75 Å². The highest BCUT2D eigenvalue weighted by molar-refractivity contribution is 5.95. The topological polar surface area (TPSA) is 64.3 Å². The lowest BCUT2D eigenvalue weighted by atomic mass is 10.0. The summed E-state index contributed by atoms with van der Waals surface area (Å²) < 4.78 is 5.39. The van der Waals surface area contributed by atoms with Crippen LogP contribution in [0.1, 0.15) is 56.3 Å². The van der Waals surface area contributed by atoms with Gasteiger partial charge < -0.3 is 15.8 Å². The molecule has 1 aliphatic rings. The lowest BCUT2D eigenvalue weighted by Crippen LogP contribution is -2.34. The predicted molar refractivity (Wildman–Crippen MR) is 85.5 cm³/mol. The maximum Gasteiger partial charge on any atom is 0.251 e. The summed E-state index contributed by atoms with van der Waals surface area (Å²) in [5.74, 6) is 1.37. The molecule has 0 radical (unpaired) electrons. The van der Waals surface area contributed by atoms with Crippen LogP contribution in [0.15, 0.2) is 18.2 Å². The van der Waals surface area contributed by atoms with E-state index in [1.807, 2.05) is 6.92 Å². The number of rotatable bonds is 4. The number of anilines is 1. The molecule has 4 nitrogen and oxygen atoms in total. The number of nitrogens with one attached hydrogen (secondary N) is 1. The Morgan fingerprint density at radius 2 is 2.14 bits per heavy atom. The molecule has 1 aromatic rings. The van der Waals surface area contributed by atoms with Crippen LogP contribution in [0.4, 0.5) is 5.69 Å². The van der Waals surface area contributed by atoms with Gasteiger partial charge in [-0.15, -0.1) is 0 Å². The van der Waals surface area contributed by atoms with E-state index in [0.29, 0.717) is 23.6 Å². The molecule has 1 fully saturated rings. The minimum Gasteiger partial charge on any atom is -0.492 e. The maximum atomic E-state index is 12.3. The third kappa shape index (κ3) is 4.38. The summed E-state index contributed by atoms with van der Waals surface area (Å²) in [7, 11) is 0. The third-order valence-electron chi connectivity index (χ3n) is 4.16. The van der Waals surface area contributed by atoms with Gasteiger partial charge in [0.05, 0.1) is 12.3 Å². The second-order valence-electron chi connectivity index (χ2n) is 5.97. The molecule has 1 aromatic carbocycles. The first-order chi connectivity index (χ1) is 10.1. The van der Waals surface area contributed by atoms with Crippen molar-refractivity contribution in [2.45, 2.75) is 52.0 Å². The summed E-state index contributed by atoms with van der Waals surface area (Å²) in [6.45, 7) is 4.76. The Hall–Kier alpha value is -1.71. The number of ether oxygens (including phenoxy) is 1. The van der Waals surface area contributed by atoms with Crippen LogP contribution in [0.3, 0.4) is 0 Å². The largest absolute Gasteiger partial charge is 0.492 e. The SMILES string of the molecule is CCOc1ccc(C(=O)NC2CCCC(C)CC2)cc1N. The standard InChI is InChI=1S/C17H26N2O2/c1-3-21-16-10-8-13(11-15(16)18)17(20)19-14-6-4-5-12(2)7-9-14/h8,10-12,14H,3-7,9,18H2,1-2H3,(H,19,20). The van der Waals surface area contributed by atoms with Crippen LogP contribution in [-0.2, 0) is 0 Å². The van der Waals surface area contributed by atoms with Gasteiger partial charge in [0.1, 0.15) is 5.75 Å². The fourth-order valence-electron chi connectivity index (χ4n) is 2.88. The first kappa shape index (κ1) is 15.7. The lowest BCUT2D eigenvalue weighted by Gasteiger charge is -2.17. The van der Waals surface area contributed by atoms with Gasteiger partial charge in [-0.3, -0.25) is 4.79 Å². The van der Waals surface area contributed by atoms with E-state index in [0.717, 1.165) is 18.8 Å². The molecule has 116 valence electrons. The van der Waals surface area contributed by atoms with Gasteiger partial charge in [-0.25, -0.2) is 0 Å². The fourth-order valence-corrected chi connectivity index (χ4v) is 2.88. The number of hydrogen-bond acceptors (Lipinski definition) is 3. The number of carbonyl (C=O) groups excluding carboxylic acids is 1. The highest BCUT2D eigenvalue weighted by Crippen LogP contribution is 2.24. The molecule has 0 heterocycles. The number of benzene rings is 1. The normalized spacial score (nSPS) is 22.4. The van der Waals surface area contributed by atoms with Gasteiger partial charge in [-0.2, -0.15) is 0 Å². The molecule has 0 aromatic heterocycles. The summed E-state index contributed by atoms with van der Waals surface area (Å²) in [6.07, 6.45) is 5.79. The lowest BCUT2D eigenvalue weighted by molar-refractivity contribution is 0.0933. The van der Waals surface area contributed by atoms with E-state index < -0.39 is 0 Å². The van der Waals surface area contributed by atoms with Gasteiger partial charge in [-0.05, 0) is 50.3 Å². The number of hydrogen-bond donors (Lipinski definition) is 2. The number of amides is 1. The molecule has 21 heavy (non-hydrogen) atoms. The third-order valence-corrected chi connectivity index (χ3v) is 4.16. The molecular formula is C17H26N2O2. The number of carbonyl (C=O) groups is 1. The van der Waals surface area contributed by atoms with Crippen molar-refractivity contribution in [1.29, 1.82) is 0 Å². The van der Waals surface area contributed by atoms with Gasteiger partial charge in [0.2, 0.25) is 0 Å². The minimum absolute atomic E-state index is 0.0377. The Kier molecular flexibility index (Phi) is 5.48. The van der Waals surface area contributed by atoms with Crippen molar-refractivity contribution in [1.82, 2.24) is 5.32 Å². The molecule has 1 amide bonds. The molecule has 2 unspecified atom stereocenters. The van der Waals surface area contributed by atoms with E-state index in [1.54, 1.807) is 18.2 Å². The van der Waals surface area contributed by atoms with Crippen molar-refractivity contribution in [2.24, 2.45) is 5.92 Å². The van der Waals surface area contributed by atoms with Gasteiger partial charge >= 0.3 is 0 Å². The molecule has 0 saturated heterocycles. The van der Waals surface area contributed by atoms with Gasteiger partial charge in [0.15, 0.2) is 0 Å². The predicted octanol–water partition coefficient (Wildman–Crippen LogP) is 3.37. The van der Waals surface area contributed by atoms with Crippen LogP contribution in [0, 0.1) is 5.92 Å². The Labute approximate surface area is 127 Å². The van der Waals surface area contributed by atoms with Crippen molar-refractivity contribution in [3.05, 3.63) is 23.8 Å². The quantitative estimate of drug-likeness (QED) is 0.660. The molecule has 3 N–H and O–H groups in total. The zero-order valence-electron chi connectivity index (χ0n) is 13.0. The first-order valence-corrected chi connectivity index (χ1v) is 7.93. The average Bonchev–Trinajstić information content (AvgIpc) is 2.66. The van der Waals surface area contributed by atoms with Crippen LogP contribution in [0.25, 0.3) is 0 Å². The van der Waals surface area contributed by atoms with Crippen LogP contribution >= 0.6 is 0 Å². The summed E-state index contributed by atoms with van der Waals surface area (Å²) >= 11 is 0. The molecule has 2 rings (SSSR count). The van der Waals surface area contributed by atoms with Crippen LogP contribution in [-0.4, -0.2) is 18.6 Å². The molecule has 1 saturated carbocycles. The van der Waals surface area contributed by atoms with Crippen LogP contribution < -0.4 is 15.8 Å². The van der Waals surface area contributed by atoms with E-state index in [-0.39, 0.29) is 11.9 Å². The Bertz CT molecular complexity index is 488. The molecule has 0 aliphatic heterocycles. The van der Waals surface area contributed by atoms with Crippen molar-refractivity contribution < 1.29 is 9.53 Å². The van der Waals surface area contributed by atoms with Gasteiger partial charge in [0.25, 0.3) is 5.91 Å². The fraction of sp³-hybridized carbons (Fsp3) is 0.588. The Morgan fingerprint density at radius 3 is 2.86 bits per heavy atom. The molecule has 0 bridgehead atoms. The minimum atomic E-state index is -0.0377. The zero-order chi connectivity index (χ0) is 15.2. The van der Waals surface area contributed by atoms with Crippen molar-refractivity contribution >= 4 is 11.6 Å². The second-order valence-corrected chi connectivity index (χ2v) is 5.97. The van der Waals surface area contributed by atoms with Crippen LogP contribution in [0.2, 0.25) is 0 Å². The molecule has 1 aliphatic carbocycles. The second kappa shape index (κ2) is 7.34. The van der Waals surface area contributed by atoms with E-state index in [1.165, 1.54) is 19.3 Å². The van der Waals surface area contributed by atoms with E-state index >= 15 is 0 Å². The monoisotopic (exact) mass is 290 g/mol. The maximum absolute atomic E-state index is 12.3. The van der Waals surface area contributed by atoms with E-state index in [9.17, 15) is 4.79 Å². The number of nitrogen functional groups attached to an aromatic ring is 1. The Balaban J connectivity index is 1.98. The zero-order valence-corrected chi connectivity index (χ0v) is 13.0. The van der Waals surface area contributed by atoms with Crippen LogP contribution in [0.5, 0.6) is 5.75 Å². The summed E-state index contributed by atoms with van der Waals surface area (Å²) in [6, 6.07) is 5.52. The number of nitrogens with two attached hydrogens (primary N) is 1. The highest BCUT2D eigenvalue weighted by Gasteiger charge is 2.19. The Morgan fingerprint density at radius 1 is 1.33 bits per heavy atom. The molecule has 2 atom stereocenters. The highest BCUT2D eigenvalue weighted by atomic mass is 16.5.